The molecule has 7 heteroatoms. The molecule has 0 radical (unpaired) electrons. The Morgan fingerprint density at radius 1 is 1.43 bits per heavy atom. The Bertz CT molecular complexity index is 570. The fraction of sp³-hybridized carbons (Fsp3) is 0.429. The van der Waals surface area contributed by atoms with Gasteiger partial charge in [-0.05, 0) is 18.4 Å². The highest BCUT2D eigenvalue weighted by molar-refractivity contribution is 6.01. The van der Waals surface area contributed by atoms with Gasteiger partial charge in [-0.15, -0.1) is 0 Å². The van der Waals surface area contributed by atoms with Crippen molar-refractivity contribution in [2.45, 2.75) is 33.2 Å². The maximum Gasteiger partial charge on any atom is 0.326 e. The van der Waals surface area contributed by atoms with E-state index in [2.05, 4.69) is 5.32 Å². The monoisotopic (exact) mass is 294 g/mol. The van der Waals surface area contributed by atoms with E-state index < -0.39 is 22.8 Å². The van der Waals surface area contributed by atoms with Crippen LogP contribution in [0.2, 0.25) is 0 Å². The van der Waals surface area contributed by atoms with Gasteiger partial charge < -0.3 is 10.4 Å². The van der Waals surface area contributed by atoms with E-state index in [1.807, 2.05) is 6.92 Å². The molecule has 2 atom stereocenters. The van der Waals surface area contributed by atoms with E-state index in [1.165, 1.54) is 12.1 Å². The number of nitrogens with one attached hydrogen (secondary N) is 1. The third-order valence-electron chi connectivity index (χ3n) is 3.44. The van der Waals surface area contributed by atoms with Gasteiger partial charge >= 0.3 is 5.97 Å². The van der Waals surface area contributed by atoms with Crippen LogP contribution in [0.3, 0.4) is 0 Å². The summed E-state index contributed by atoms with van der Waals surface area (Å²) in [5.74, 6) is -2.18. The summed E-state index contributed by atoms with van der Waals surface area (Å²) in [5, 5.41) is 22.5. The van der Waals surface area contributed by atoms with Crippen molar-refractivity contribution in [3.05, 3.63) is 39.4 Å². The maximum atomic E-state index is 12.2. The topological polar surface area (TPSA) is 110 Å². The average molecular weight is 294 g/mol. The summed E-state index contributed by atoms with van der Waals surface area (Å²) in [7, 11) is 0. The maximum absolute atomic E-state index is 12.2. The van der Waals surface area contributed by atoms with Crippen LogP contribution < -0.4 is 5.32 Å². The van der Waals surface area contributed by atoms with E-state index >= 15 is 0 Å². The summed E-state index contributed by atoms with van der Waals surface area (Å²) in [6.07, 6.45) is 0.563. The van der Waals surface area contributed by atoms with Crippen LogP contribution in [0, 0.1) is 23.0 Å². The van der Waals surface area contributed by atoms with E-state index in [-0.39, 0.29) is 17.2 Å². The molecule has 0 bridgehead atoms. The molecule has 2 N–H and O–H groups in total. The predicted octanol–water partition coefficient (Wildman–Crippen LogP) is 2.13. The normalized spacial score (nSPS) is 13.3. The van der Waals surface area contributed by atoms with Crippen molar-refractivity contribution in [3.63, 3.8) is 0 Å². The van der Waals surface area contributed by atoms with E-state index in [4.69, 9.17) is 5.11 Å². The van der Waals surface area contributed by atoms with E-state index in [9.17, 15) is 19.7 Å². The summed E-state index contributed by atoms with van der Waals surface area (Å²) >= 11 is 0. The minimum Gasteiger partial charge on any atom is -0.480 e. The van der Waals surface area contributed by atoms with Gasteiger partial charge in [0.2, 0.25) is 0 Å². The molecule has 7 nitrogen and oxygen atoms in total. The van der Waals surface area contributed by atoms with Crippen molar-refractivity contribution in [2.75, 3.05) is 0 Å². The van der Waals surface area contributed by atoms with E-state index in [0.29, 0.717) is 12.0 Å². The third-order valence-corrected chi connectivity index (χ3v) is 3.44. The molecule has 1 aromatic rings. The van der Waals surface area contributed by atoms with Crippen molar-refractivity contribution in [1.29, 1.82) is 0 Å². The molecule has 1 rings (SSSR count). The molecule has 0 saturated carbocycles. The van der Waals surface area contributed by atoms with Gasteiger partial charge in [0.15, 0.2) is 0 Å². The number of benzene rings is 1. The first kappa shape index (κ1) is 16.6. The molecule has 0 aliphatic heterocycles. The van der Waals surface area contributed by atoms with E-state index in [0.717, 1.165) is 0 Å². The lowest BCUT2D eigenvalue weighted by Crippen LogP contribution is -2.45. The Labute approximate surface area is 122 Å². The second-order valence-corrected chi connectivity index (χ2v) is 4.90. The average Bonchev–Trinajstić information content (AvgIpc) is 2.42. The predicted molar refractivity (Wildman–Crippen MR) is 76.2 cm³/mol. The summed E-state index contributed by atoms with van der Waals surface area (Å²) in [5.41, 5.74) is -0.00664. The molecule has 21 heavy (non-hydrogen) atoms. The minimum absolute atomic E-state index is 0.1000. The first-order valence-corrected chi connectivity index (χ1v) is 6.57. The third kappa shape index (κ3) is 3.77. The van der Waals surface area contributed by atoms with Crippen LogP contribution >= 0.6 is 0 Å². The number of hydrogen-bond donors (Lipinski definition) is 2. The SMILES string of the molecule is CCC(C)C(NC(=O)c1c(C)cccc1[N+](=O)[O-])C(=O)O. The van der Waals surface area contributed by atoms with Crippen molar-refractivity contribution in [2.24, 2.45) is 5.92 Å². The number of amides is 1. The molecule has 0 aliphatic carbocycles. The summed E-state index contributed by atoms with van der Waals surface area (Å²) in [6, 6.07) is 3.19. The Balaban J connectivity index is 3.14. The largest absolute Gasteiger partial charge is 0.480 e. The fourth-order valence-electron chi connectivity index (χ4n) is 2.00. The first-order chi connectivity index (χ1) is 9.79. The molecular formula is C14H18N2O5. The molecule has 0 fully saturated rings. The van der Waals surface area contributed by atoms with Gasteiger partial charge in [-0.3, -0.25) is 14.9 Å². The van der Waals surface area contributed by atoms with Gasteiger partial charge in [0.05, 0.1) is 4.92 Å². The van der Waals surface area contributed by atoms with Gasteiger partial charge in [-0.25, -0.2) is 4.79 Å². The molecule has 1 aromatic carbocycles. The minimum atomic E-state index is -1.16. The highest BCUT2D eigenvalue weighted by Crippen LogP contribution is 2.22. The molecule has 0 aromatic heterocycles. The molecule has 0 spiro atoms. The molecule has 1 amide bonds. The lowest BCUT2D eigenvalue weighted by Gasteiger charge is -2.20. The zero-order valence-corrected chi connectivity index (χ0v) is 12.1. The van der Waals surface area contributed by atoms with Crippen molar-refractivity contribution >= 4 is 17.6 Å². The Morgan fingerprint density at radius 3 is 2.52 bits per heavy atom. The number of rotatable bonds is 6. The van der Waals surface area contributed by atoms with Crippen LogP contribution in [0.1, 0.15) is 36.2 Å². The van der Waals surface area contributed by atoms with Crippen molar-refractivity contribution in [3.8, 4) is 0 Å². The van der Waals surface area contributed by atoms with E-state index in [1.54, 1.807) is 19.9 Å². The number of carboxylic acid groups (broad SMARTS) is 1. The first-order valence-electron chi connectivity index (χ1n) is 6.57. The molecule has 0 saturated heterocycles. The Kier molecular flexibility index (Phi) is 5.40. The number of nitro groups is 1. The number of carbonyl (C=O) groups excluding carboxylic acids is 1. The van der Waals surface area contributed by atoms with Crippen LogP contribution in [0.25, 0.3) is 0 Å². The van der Waals surface area contributed by atoms with Gasteiger partial charge in [-0.2, -0.15) is 0 Å². The number of nitro benzene ring substituents is 1. The number of carbonyl (C=O) groups is 2. The summed E-state index contributed by atoms with van der Waals surface area (Å²) in [6.45, 7) is 5.08. The van der Waals surface area contributed by atoms with Gasteiger partial charge in [0.1, 0.15) is 11.6 Å². The lowest BCUT2D eigenvalue weighted by molar-refractivity contribution is -0.385. The quantitative estimate of drug-likeness (QED) is 0.617. The number of aliphatic carboxylic acids is 1. The standard InChI is InChI=1S/C14H18N2O5/c1-4-8(2)12(14(18)19)15-13(17)11-9(3)6-5-7-10(11)16(20)21/h5-8,12H,4H2,1-3H3,(H,15,17)(H,18,19). The van der Waals surface area contributed by atoms with Crippen molar-refractivity contribution < 1.29 is 19.6 Å². The number of aryl methyl sites for hydroxylation is 1. The fourth-order valence-corrected chi connectivity index (χ4v) is 2.00. The number of carboxylic acids is 1. The smallest absolute Gasteiger partial charge is 0.326 e. The molecular weight excluding hydrogens is 276 g/mol. The summed E-state index contributed by atoms with van der Waals surface area (Å²) in [4.78, 5) is 33.8. The van der Waals surface area contributed by atoms with Crippen LogP contribution in [-0.2, 0) is 4.79 Å². The highest BCUT2D eigenvalue weighted by atomic mass is 16.6. The number of hydrogen-bond acceptors (Lipinski definition) is 4. The Hall–Kier alpha value is -2.44. The van der Waals surface area contributed by atoms with Crippen LogP contribution in [0.4, 0.5) is 5.69 Å². The lowest BCUT2D eigenvalue weighted by atomic mass is 9.98. The molecule has 114 valence electrons. The van der Waals surface area contributed by atoms with Crippen molar-refractivity contribution in [1.82, 2.24) is 5.32 Å². The Morgan fingerprint density at radius 2 is 2.05 bits per heavy atom. The molecule has 2 unspecified atom stereocenters. The highest BCUT2D eigenvalue weighted by Gasteiger charge is 2.29. The number of nitrogens with zero attached hydrogens (tertiary/aromatic N) is 1. The van der Waals surface area contributed by atoms with Crippen LogP contribution in [-0.4, -0.2) is 27.9 Å². The zero-order valence-electron chi connectivity index (χ0n) is 12.1. The zero-order chi connectivity index (χ0) is 16.2. The molecule has 0 aliphatic rings. The van der Waals surface area contributed by atoms with Crippen LogP contribution in [0.15, 0.2) is 18.2 Å². The summed E-state index contributed by atoms with van der Waals surface area (Å²) < 4.78 is 0. The second kappa shape index (κ2) is 6.83. The van der Waals surface area contributed by atoms with Crippen LogP contribution in [0.5, 0.6) is 0 Å². The second-order valence-electron chi connectivity index (χ2n) is 4.90. The van der Waals surface area contributed by atoms with Gasteiger partial charge in [0, 0.05) is 6.07 Å². The molecule has 0 heterocycles. The van der Waals surface area contributed by atoms with Gasteiger partial charge in [0.25, 0.3) is 11.6 Å². The van der Waals surface area contributed by atoms with Gasteiger partial charge in [-0.1, -0.05) is 32.4 Å².